The number of carbonyl (C=O) groups is 4. The third-order valence-corrected chi connectivity index (χ3v) is 14.5. The lowest BCUT2D eigenvalue weighted by Crippen LogP contribution is -2.59. The molecule has 0 radical (unpaired) electrons. The molecule has 5 heterocycles. The maximum Gasteiger partial charge on any atom is 0.427 e. The fourth-order valence-corrected chi connectivity index (χ4v) is 9.42. The largest absolute Gasteiger partial charge is 0.483 e. The number of aromatic nitrogens is 2. The highest BCUT2D eigenvalue weighted by Crippen LogP contribution is 2.49. The van der Waals surface area contributed by atoms with E-state index in [1.807, 2.05) is 6.08 Å². The first-order valence-electron chi connectivity index (χ1n) is 19.6. The molecular formula is C39H49F3N6O9S. The van der Waals surface area contributed by atoms with E-state index >= 15 is 0 Å². The Morgan fingerprint density at radius 1 is 1.07 bits per heavy atom. The topological polar surface area (TPSA) is 195 Å². The molecule has 1 saturated heterocycles. The standard InChI is InChI=1S/C39H49F3N6O9S/c1-22-30-24(29-25(43-22)13-14-28(45-29)55-5)15-16-37(56-30)20-27-31(49)46-38(33(51)47-58(53,54)36(4)17-18-36)19-23(38)11-9-7-6-8-10-12-26(32(50)48(27)21-37)44-34(52)57-35(2,3)39(40,41)42/h9,11,13-14,23,26-27H,6-8,10,12,15-21H2,1-5H3,(H,44,52)(H,46,49)(H,47,51). The zero-order valence-electron chi connectivity index (χ0n) is 33.1. The van der Waals surface area contributed by atoms with Crippen molar-refractivity contribution in [2.24, 2.45) is 5.92 Å². The Bertz CT molecular complexity index is 2180. The van der Waals surface area contributed by atoms with Gasteiger partial charge in [-0.25, -0.2) is 23.2 Å². The van der Waals surface area contributed by atoms with Crippen molar-refractivity contribution < 1.29 is 55.0 Å². The van der Waals surface area contributed by atoms with E-state index < -0.39 is 79.5 Å². The van der Waals surface area contributed by atoms with Gasteiger partial charge in [-0.05, 0) is 85.1 Å². The van der Waals surface area contributed by atoms with Gasteiger partial charge in [-0.3, -0.25) is 19.1 Å². The molecule has 3 fully saturated rings. The predicted molar refractivity (Wildman–Crippen MR) is 202 cm³/mol. The molecule has 3 aliphatic heterocycles. The fourth-order valence-electron chi connectivity index (χ4n) is 8.11. The quantitative estimate of drug-likeness (QED) is 0.349. The summed E-state index contributed by atoms with van der Waals surface area (Å²) >= 11 is 0. The number of alkyl halides is 3. The number of ether oxygens (including phenoxy) is 3. The summed E-state index contributed by atoms with van der Waals surface area (Å²) in [7, 11) is -2.58. The molecule has 19 heteroatoms. The molecule has 5 atom stereocenters. The maximum atomic E-state index is 14.7. The normalized spacial score (nSPS) is 28.5. The molecule has 3 N–H and O–H groups in total. The van der Waals surface area contributed by atoms with E-state index in [9.17, 15) is 40.8 Å². The van der Waals surface area contributed by atoms with E-state index in [0.29, 0.717) is 93.6 Å². The van der Waals surface area contributed by atoms with Crippen molar-refractivity contribution in [1.82, 2.24) is 30.2 Å². The Morgan fingerprint density at radius 2 is 1.81 bits per heavy atom. The summed E-state index contributed by atoms with van der Waals surface area (Å²) in [5, 5.41) is 5.18. The number of allylic oxidation sites excluding steroid dienone is 1. The minimum Gasteiger partial charge on any atom is -0.483 e. The molecule has 15 nitrogen and oxygen atoms in total. The number of rotatable bonds is 6. The van der Waals surface area contributed by atoms with Crippen LogP contribution in [0.5, 0.6) is 11.6 Å². The zero-order valence-corrected chi connectivity index (χ0v) is 33.9. The highest BCUT2D eigenvalue weighted by molar-refractivity contribution is 7.91. The number of amides is 4. The molecule has 4 amide bonds. The minimum atomic E-state index is -4.90. The second kappa shape index (κ2) is 14.5. The highest BCUT2D eigenvalue weighted by Gasteiger charge is 2.64. The number of aryl methyl sites for hydroxylation is 2. The first-order valence-corrected chi connectivity index (χ1v) is 21.1. The monoisotopic (exact) mass is 834 g/mol. The number of pyridine rings is 2. The van der Waals surface area contributed by atoms with Crippen LogP contribution >= 0.6 is 0 Å². The number of halogens is 3. The summed E-state index contributed by atoms with van der Waals surface area (Å²) in [4.78, 5) is 66.8. The van der Waals surface area contributed by atoms with Gasteiger partial charge in [-0.1, -0.05) is 25.0 Å². The van der Waals surface area contributed by atoms with E-state index in [2.05, 4.69) is 25.3 Å². The number of nitrogens with one attached hydrogen (secondary N) is 3. The van der Waals surface area contributed by atoms with Gasteiger partial charge >= 0.3 is 12.3 Å². The van der Waals surface area contributed by atoms with Crippen molar-refractivity contribution in [1.29, 1.82) is 0 Å². The summed E-state index contributed by atoms with van der Waals surface area (Å²) < 4.78 is 85.4. The van der Waals surface area contributed by atoms with Crippen LogP contribution in [0.25, 0.3) is 11.0 Å². The maximum absolute atomic E-state index is 14.7. The van der Waals surface area contributed by atoms with Crippen molar-refractivity contribution in [2.75, 3.05) is 13.7 Å². The van der Waals surface area contributed by atoms with E-state index in [4.69, 9.17) is 14.2 Å². The number of alkyl carbamates (subject to hydrolysis) is 1. The van der Waals surface area contributed by atoms with E-state index in [-0.39, 0.29) is 25.8 Å². The molecule has 2 saturated carbocycles. The van der Waals surface area contributed by atoms with Gasteiger partial charge in [-0.15, -0.1) is 0 Å². The third-order valence-electron chi connectivity index (χ3n) is 12.3. The first kappa shape index (κ1) is 41.5. The van der Waals surface area contributed by atoms with Gasteiger partial charge in [-0.2, -0.15) is 13.2 Å². The van der Waals surface area contributed by atoms with Gasteiger partial charge in [0.1, 0.15) is 29.0 Å². The van der Waals surface area contributed by atoms with Gasteiger partial charge in [0.05, 0.1) is 35.1 Å². The van der Waals surface area contributed by atoms with Gasteiger partial charge < -0.3 is 29.7 Å². The van der Waals surface area contributed by atoms with Crippen molar-refractivity contribution >= 4 is 44.9 Å². The molecule has 5 unspecified atom stereocenters. The van der Waals surface area contributed by atoms with Crippen LogP contribution in [0.3, 0.4) is 0 Å². The van der Waals surface area contributed by atoms with Crippen molar-refractivity contribution in [3.63, 3.8) is 0 Å². The van der Waals surface area contributed by atoms with Gasteiger partial charge in [0.25, 0.3) is 5.91 Å². The summed E-state index contributed by atoms with van der Waals surface area (Å²) in [6.07, 6.45) is 1.00. The van der Waals surface area contributed by atoms with Crippen molar-refractivity contribution in [3.05, 3.63) is 35.5 Å². The third kappa shape index (κ3) is 7.65. The summed E-state index contributed by atoms with van der Waals surface area (Å²) in [6.45, 7) is 4.53. The second-order valence-electron chi connectivity index (χ2n) is 17.0. The lowest BCUT2D eigenvalue weighted by atomic mass is 9.88. The SMILES string of the molecule is COc1ccc2nc(C)c3c(c2n1)CCC1(CC2C(=O)NC4(C(=O)NS(=O)(=O)C5(C)CC5)CC4C=CCCCCCC(NC(=O)OC(C)(C)C(F)(F)F)C(=O)N2C1)O3. The Morgan fingerprint density at radius 3 is 2.50 bits per heavy atom. The minimum absolute atomic E-state index is 0.0275. The number of sulfonamides is 1. The van der Waals surface area contributed by atoms with Crippen molar-refractivity contribution in [3.8, 4) is 11.6 Å². The lowest BCUT2D eigenvalue weighted by molar-refractivity contribution is -0.244. The van der Waals surface area contributed by atoms with Gasteiger partial charge in [0.2, 0.25) is 33.3 Å². The number of fused-ring (bicyclic) bond motifs is 5. The van der Waals surface area contributed by atoms with Crippen LogP contribution in [0.2, 0.25) is 0 Å². The summed E-state index contributed by atoms with van der Waals surface area (Å²) in [6, 6.07) is 0.784. The molecule has 5 aliphatic rings. The van der Waals surface area contributed by atoms with E-state index in [1.165, 1.54) is 12.0 Å². The zero-order chi connectivity index (χ0) is 42.1. The summed E-state index contributed by atoms with van der Waals surface area (Å²) in [5.74, 6) is -2.13. The number of methoxy groups -OCH3 is 1. The van der Waals surface area contributed by atoms with Crippen LogP contribution in [0.15, 0.2) is 24.3 Å². The predicted octanol–water partition coefficient (Wildman–Crippen LogP) is 4.44. The van der Waals surface area contributed by atoms with Crippen LogP contribution < -0.4 is 24.8 Å². The molecule has 7 rings (SSSR count). The molecule has 58 heavy (non-hydrogen) atoms. The van der Waals surface area contributed by atoms with Gasteiger partial charge in [0, 0.05) is 24.0 Å². The van der Waals surface area contributed by atoms with Crippen LogP contribution in [-0.4, -0.2) is 101 Å². The Hall–Kier alpha value is -4.68. The number of carbonyl (C=O) groups excluding carboxylic acids is 4. The fraction of sp³-hybridized carbons (Fsp3) is 0.641. The molecule has 316 valence electrons. The molecular weight excluding hydrogens is 786 g/mol. The average molecular weight is 835 g/mol. The smallest absolute Gasteiger partial charge is 0.427 e. The molecule has 0 aromatic carbocycles. The Balaban J connectivity index is 1.24. The number of hydrogen-bond acceptors (Lipinski definition) is 11. The molecule has 2 aromatic heterocycles. The first-order chi connectivity index (χ1) is 27.1. The highest BCUT2D eigenvalue weighted by atomic mass is 32.2. The number of hydrogen-bond donors (Lipinski definition) is 3. The average Bonchev–Trinajstić information content (AvgIpc) is 4.04. The van der Waals surface area contributed by atoms with Crippen LogP contribution in [-0.2, 0) is 35.6 Å². The van der Waals surface area contributed by atoms with Crippen molar-refractivity contribution in [2.45, 2.75) is 138 Å². The molecule has 0 bridgehead atoms. The molecule has 1 spiro atoms. The van der Waals surface area contributed by atoms with Gasteiger partial charge in [0.15, 0.2) is 0 Å². The molecule has 2 aromatic rings. The van der Waals surface area contributed by atoms with E-state index in [1.54, 1.807) is 32.1 Å². The number of nitrogens with zero attached hydrogens (tertiary/aromatic N) is 3. The van der Waals surface area contributed by atoms with Crippen LogP contribution in [0.1, 0.15) is 96.2 Å². The lowest BCUT2D eigenvalue weighted by Gasteiger charge is -2.36. The van der Waals surface area contributed by atoms with Crippen LogP contribution in [0.4, 0.5) is 18.0 Å². The van der Waals surface area contributed by atoms with E-state index in [0.717, 1.165) is 5.56 Å². The Labute approximate surface area is 334 Å². The van der Waals surface area contributed by atoms with Crippen LogP contribution in [0, 0.1) is 12.8 Å². The second-order valence-corrected chi connectivity index (χ2v) is 19.2. The summed E-state index contributed by atoms with van der Waals surface area (Å²) in [5.41, 5.74) is -3.20. The Kier molecular flexibility index (Phi) is 10.4. The molecule has 2 aliphatic carbocycles.